The van der Waals surface area contributed by atoms with E-state index in [-0.39, 0.29) is 0 Å². The first-order valence-corrected chi connectivity index (χ1v) is 5.51. The van der Waals surface area contributed by atoms with Crippen LogP contribution in [-0.2, 0) is 0 Å². The van der Waals surface area contributed by atoms with Gasteiger partial charge in [-0.3, -0.25) is 4.98 Å². The van der Waals surface area contributed by atoms with Crippen molar-refractivity contribution >= 4 is 0 Å². The van der Waals surface area contributed by atoms with Crippen LogP contribution >= 0.6 is 0 Å². The van der Waals surface area contributed by atoms with Crippen molar-refractivity contribution in [2.75, 3.05) is 13.6 Å². The van der Waals surface area contributed by atoms with Crippen LogP contribution < -0.4 is 4.90 Å². The topological polar surface area (TPSA) is 17.3 Å². The number of pyridine rings is 1. The predicted molar refractivity (Wildman–Crippen MR) is 59.3 cm³/mol. The number of hydrogen-bond donors (Lipinski definition) is 1. The van der Waals surface area contributed by atoms with Crippen molar-refractivity contribution in [2.24, 2.45) is 0 Å². The average Bonchev–Trinajstić information content (AvgIpc) is 2.26. The van der Waals surface area contributed by atoms with Crippen LogP contribution in [0.5, 0.6) is 0 Å². The number of quaternary nitrogens is 1. The summed E-state index contributed by atoms with van der Waals surface area (Å²) in [6, 6.07) is 4.83. The Labute approximate surface area is 87.0 Å². The van der Waals surface area contributed by atoms with Crippen molar-refractivity contribution in [3.8, 4) is 0 Å². The molecule has 1 heterocycles. The molecule has 1 unspecified atom stereocenters. The molecular formula is C12H21N2+. The lowest BCUT2D eigenvalue weighted by Gasteiger charge is -2.23. The van der Waals surface area contributed by atoms with E-state index in [0.29, 0.717) is 6.04 Å². The molecule has 14 heavy (non-hydrogen) atoms. The zero-order chi connectivity index (χ0) is 10.4. The van der Waals surface area contributed by atoms with Gasteiger partial charge in [-0.25, -0.2) is 0 Å². The molecule has 1 aromatic heterocycles. The third-order valence-electron chi connectivity index (χ3n) is 2.82. The fourth-order valence-corrected chi connectivity index (χ4v) is 1.81. The van der Waals surface area contributed by atoms with Gasteiger partial charge in [0.2, 0.25) is 0 Å². The monoisotopic (exact) mass is 193 g/mol. The predicted octanol–water partition coefficient (Wildman–Crippen LogP) is 1.46. The molecule has 0 fully saturated rings. The fraction of sp³-hybridized carbons (Fsp3) is 0.583. The standard InChI is InChI=1S/C12H20N2/c1-4-7-12(14(3)5-2)11-8-6-9-13-10-11/h6,8-10,12H,4-5,7H2,1-3H3/p+1/t12-/m0/s1. The maximum Gasteiger partial charge on any atom is 0.114 e. The van der Waals surface area contributed by atoms with E-state index in [4.69, 9.17) is 0 Å². The third-order valence-corrected chi connectivity index (χ3v) is 2.82. The molecule has 0 aliphatic heterocycles. The van der Waals surface area contributed by atoms with Crippen LogP contribution in [0.2, 0.25) is 0 Å². The Morgan fingerprint density at radius 2 is 2.21 bits per heavy atom. The summed E-state index contributed by atoms with van der Waals surface area (Å²) in [4.78, 5) is 5.76. The van der Waals surface area contributed by atoms with Gasteiger partial charge in [-0.2, -0.15) is 0 Å². The molecule has 1 N–H and O–H groups in total. The first-order valence-electron chi connectivity index (χ1n) is 5.51. The molecule has 0 aromatic carbocycles. The quantitative estimate of drug-likeness (QED) is 0.749. The summed E-state index contributed by atoms with van der Waals surface area (Å²) < 4.78 is 0. The molecule has 0 amide bonds. The van der Waals surface area contributed by atoms with E-state index >= 15 is 0 Å². The molecule has 0 aliphatic carbocycles. The number of rotatable bonds is 5. The van der Waals surface area contributed by atoms with Crippen molar-refractivity contribution in [3.05, 3.63) is 30.1 Å². The Morgan fingerprint density at radius 1 is 1.43 bits per heavy atom. The van der Waals surface area contributed by atoms with Crippen LogP contribution in [-0.4, -0.2) is 18.6 Å². The van der Waals surface area contributed by atoms with Gasteiger partial charge < -0.3 is 4.90 Å². The smallest absolute Gasteiger partial charge is 0.114 e. The van der Waals surface area contributed by atoms with E-state index in [1.807, 2.05) is 18.5 Å². The van der Waals surface area contributed by atoms with Gasteiger partial charge in [0.1, 0.15) is 6.04 Å². The van der Waals surface area contributed by atoms with E-state index in [9.17, 15) is 0 Å². The summed E-state index contributed by atoms with van der Waals surface area (Å²) in [5.74, 6) is 0. The molecule has 0 aliphatic rings. The molecular weight excluding hydrogens is 172 g/mol. The Morgan fingerprint density at radius 3 is 2.71 bits per heavy atom. The lowest BCUT2D eigenvalue weighted by Crippen LogP contribution is -3.09. The van der Waals surface area contributed by atoms with Crippen LogP contribution in [0.1, 0.15) is 38.3 Å². The highest BCUT2D eigenvalue weighted by Crippen LogP contribution is 2.13. The van der Waals surface area contributed by atoms with Gasteiger partial charge >= 0.3 is 0 Å². The van der Waals surface area contributed by atoms with Gasteiger partial charge in [0.15, 0.2) is 0 Å². The molecule has 1 aromatic rings. The van der Waals surface area contributed by atoms with Crippen molar-refractivity contribution < 1.29 is 4.90 Å². The molecule has 2 heteroatoms. The van der Waals surface area contributed by atoms with Gasteiger partial charge in [0.05, 0.1) is 13.6 Å². The summed E-state index contributed by atoms with van der Waals surface area (Å²) in [7, 11) is 2.26. The molecule has 0 radical (unpaired) electrons. The maximum atomic E-state index is 4.19. The van der Waals surface area contributed by atoms with E-state index in [1.54, 1.807) is 4.90 Å². The molecule has 0 saturated heterocycles. The van der Waals surface area contributed by atoms with E-state index in [1.165, 1.54) is 24.9 Å². The largest absolute Gasteiger partial charge is 0.331 e. The van der Waals surface area contributed by atoms with E-state index in [2.05, 4.69) is 31.9 Å². The van der Waals surface area contributed by atoms with Crippen LogP contribution in [0.4, 0.5) is 0 Å². The van der Waals surface area contributed by atoms with Crippen LogP contribution in [0.15, 0.2) is 24.5 Å². The highest BCUT2D eigenvalue weighted by Gasteiger charge is 2.17. The molecule has 2 atom stereocenters. The Kier molecular flexibility index (Phi) is 4.60. The van der Waals surface area contributed by atoms with Gasteiger partial charge in [0, 0.05) is 24.4 Å². The second-order valence-electron chi connectivity index (χ2n) is 3.83. The zero-order valence-corrected chi connectivity index (χ0v) is 9.46. The van der Waals surface area contributed by atoms with E-state index < -0.39 is 0 Å². The summed E-state index contributed by atoms with van der Waals surface area (Å²) in [6.45, 7) is 5.64. The first-order chi connectivity index (χ1) is 6.79. The number of nitrogens with one attached hydrogen (secondary N) is 1. The summed E-state index contributed by atoms with van der Waals surface area (Å²) in [6.07, 6.45) is 6.32. The minimum Gasteiger partial charge on any atom is -0.331 e. The third kappa shape index (κ3) is 2.81. The molecule has 0 spiro atoms. The van der Waals surface area contributed by atoms with Crippen LogP contribution in [0, 0.1) is 0 Å². The minimum atomic E-state index is 0.610. The molecule has 0 bridgehead atoms. The summed E-state index contributed by atoms with van der Waals surface area (Å²) >= 11 is 0. The average molecular weight is 193 g/mol. The normalized spacial score (nSPS) is 15.1. The SMILES string of the molecule is CCC[C@@H](c1cccnc1)[NH+](C)CC. The van der Waals surface area contributed by atoms with Crippen molar-refractivity contribution in [2.45, 2.75) is 32.7 Å². The van der Waals surface area contributed by atoms with Crippen molar-refractivity contribution in [3.63, 3.8) is 0 Å². The molecule has 2 nitrogen and oxygen atoms in total. The van der Waals surface area contributed by atoms with Gasteiger partial charge in [0.25, 0.3) is 0 Å². The second-order valence-corrected chi connectivity index (χ2v) is 3.83. The Balaban J connectivity index is 2.77. The number of nitrogens with zero attached hydrogens (tertiary/aromatic N) is 1. The van der Waals surface area contributed by atoms with Crippen molar-refractivity contribution in [1.29, 1.82) is 0 Å². The zero-order valence-electron chi connectivity index (χ0n) is 9.46. The van der Waals surface area contributed by atoms with Crippen molar-refractivity contribution in [1.82, 2.24) is 4.98 Å². The highest BCUT2D eigenvalue weighted by molar-refractivity contribution is 5.11. The summed E-state index contributed by atoms with van der Waals surface area (Å²) in [5, 5.41) is 0. The lowest BCUT2D eigenvalue weighted by molar-refractivity contribution is -0.911. The molecule has 78 valence electrons. The fourth-order valence-electron chi connectivity index (χ4n) is 1.81. The molecule has 1 rings (SSSR count). The van der Waals surface area contributed by atoms with Crippen LogP contribution in [0.25, 0.3) is 0 Å². The second kappa shape index (κ2) is 5.76. The van der Waals surface area contributed by atoms with Gasteiger partial charge in [-0.05, 0) is 13.0 Å². The Hall–Kier alpha value is -0.890. The number of aromatic nitrogens is 1. The Bertz CT molecular complexity index is 246. The van der Waals surface area contributed by atoms with E-state index in [0.717, 1.165) is 0 Å². The first kappa shape index (κ1) is 11.2. The van der Waals surface area contributed by atoms with Crippen LogP contribution in [0.3, 0.4) is 0 Å². The van der Waals surface area contributed by atoms with Gasteiger partial charge in [-0.15, -0.1) is 0 Å². The minimum absolute atomic E-state index is 0.610. The highest BCUT2D eigenvalue weighted by atomic mass is 15.1. The molecule has 0 saturated carbocycles. The number of hydrogen-bond acceptors (Lipinski definition) is 1. The lowest BCUT2D eigenvalue weighted by atomic mass is 10.0. The summed E-state index contributed by atoms with van der Waals surface area (Å²) in [5.41, 5.74) is 1.37. The maximum absolute atomic E-state index is 4.19. The van der Waals surface area contributed by atoms with Gasteiger partial charge in [-0.1, -0.05) is 19.4 Å².